The molecule has 1 rings (SSSR count). The number of carbonyl (C=O) groups excluding carboxylic acids is 1. The number of thiol groups is 1. The molecule has 4 nitrogen and oxygen atoms in total. The van der Waals surface area contributed by atoms with Crippen LogP contribution in [0, 0.1) is 0 Å². The molecule has 0 amide bonds. The molecule has 0 heterocycles. The highest BCUT2D eigenvalue weighted by Gasteiger charge is 2.37. The van der Waals surface area contributed by atoms with Gasteiger partial charge in [0, 0.05) is 6.54 Å². The number of rotatable bonds is 8. The molecule has 0 fully saturated rings. The fourth-order valence-corrected chi connectivity index (χ4v) is 2.02. The van der Waals surface area contributed by atoms with Crippen molar-refractivity contribution in [3.63, 3.8) is 0 Å². The van der Waals surface area contributed by atoms with Gasteiger partial charge in [0.1, 0.15) is 0 Å². The molecule has 0 aliphatic heterocycles. The second-order valence-electron chi connectivity index (χ2n) is 4.88. The van der Waals surface area contributed by atoms with Gasteiger partial charge in [-0.25, -0.2) is 0 Å². The second kappa shape index (κ2) is 15.2. The third-order valence-corrected chi connectivity index (χ3v) is 3.46. The van der Waals surface area contributed by atoms with E-state index in [1.807, 2.05) is 13.8 Å². The highest BCUT2D eigenvalue weighted by atomic mass is 32.2. The topological polar surface area (TPSA) is 47.6 Å². The van der Waals surface area contributed by atoms with Gasteiger partial charge in [0.15, 0.2) is 0 Å². The number of nitrogens with one attached hydrogen (secondary N) is 1. The van der Waals surface area contributed by atoms with Crippen LogP contribution in [0.25, 0.3) is 5.57 Å². The summed E-state index contributed by atoms with van der Waals surface area (Å²) in [5.41, 5.74) is -2.70. The van der Waals surface area contributed by atoms with Crippen LogP contribution in [0.3, 0.4) is 0 Å². The molecule has 0 spiro atoms. The van der Waals surface area contributed by atoms with Crippen molar-refractivity contribution in [2.24, 2.45) is 0 Å². The Kier molecular flexibility index (Phi) is 15.4. The minimum Gasteiger partial charge on any atom is -0.468 e. The van der Waals surface area contributed by atoms with Gasteiger partial charge in [0.25, 0.3) is 6.47 Å². The monoisotopic (exact) mass is 450 g/mol. The predicted octanol–water partition coefficient (Wildman–Crippen LogP) is 5.21. The molecule has 0 radical (unpaired) electrons. The number of alkyl halides is 6. The summed E-state index contributed by atoms with van der Waals surface area (Å²) in [6.07, 6.45) is -9.53. The Morgan fingerprint density at radius 1 is 1.10 bits per heavy atom. The molecule has 29 heavy (non-hydrogen) atoms. The third kappa shape index (κ3) is 13.2. The lowest BCUT2D eigenvalue weighted by molar-refractivity contribution is -0.143. The summed E-state index contributed by atoms with van der Waals surface area (Å²) in [6, 6.07) is 1.44. The Morgan fingerprint density at radius 3 is 1.90 bits per heavy atom. The number of hydrogen-bond acceptors (Lipinski definition) is 4. The van der Waals surface area contributed by atoms with Crippen LogP contribution >= 0.6 is 0 Å². The van der Waals surface area contributed by atoms with Crippen LogP contribution in [0.4, 0.5) is 26.3 Å². The van der Waals surface area contributed by atoms with E-state index in [1.54, 1.807) is 6.92 Å². The zero-order valence-electron chi connectivity index (χ0n) is 16.6. The molecule has 0 atom stereocenters. The number of halogens is 6. The molecular weight excluding hydrogens is 424 g/mol. The van der Waals surface area contributed by atoms with E-state index in [4.69, 9.17) is 4.18 Å². The fraction of sp³-hybridized carbons (Fsp3) is 0.500. The molecule has 0 unspecified atom stereocenters. The fourth-order valence-electron chi connectivity index (χ4n) is 1.69. The maximum Gasteiger partial charge on any atom is 0.416 e. The van der Waals surface area contributed by atoms with Gasteiger partial charge in [-0.05, 0) is 42.7 Å². The average Bonchev–Trinajstić information content (AvgIpc) is 2.66. The molecule has 168 valence electrons. The maximum absolute atomic E-state index is 12.7. The first kappa shape index (κ1) is 29.5. The van der Waals surface area contributed by atoms with E-state index in [2.05, 4.69) is 16.0 Å². The minimum absolute atomic E-state index is 0.0958. The quantitative estimate of drug-likeness (QED) is 0.194. The summed E-state index contributed by atoms with van der Waals surface area (Å²) in [5.74, 6) is 0. The van der Waals surface area contributed by atoms with Crippen molar-refractivity contribution in [3.05, 3.63) is 41.5 Å². The van der Waals surface area contributed by atoms with Gasteiger partial charge < -0.3 is 4.74 Å². The zero-order valence-corrected chi connectivity index (χ0v) is 17.5. The highest BCUT2D eigenvalue weighted by molar-refractivity contribution is 7.71. The van der Waals surface area contributed by atoms with Crippen molar-refractivity contribution < 1.29 is 40.1 Å². The largest absolute Gasteiger partial charge is 0.468 e. The molecule has 11 heteroatoms. The van der Waals surface area contributed by atoms with Gasteiger partial charge in [-0.1, -0.05) is 20.4 Å². The minimum atomic E-state index is -4.86. The number of carbonyl (C=O) groups is 1. The lowest BCUT2D eigenvalue weighted by atomic mass is 9.98. The SMILES string of the molecule is C=C(CCN[SH+]OC)c1cc(C(F)(F)F)cc(C(F)(F)F)c1.CC.CCOC=O. The Labute approximate surface area is 171 Å². The molecule has 0 saturated carbocycles. The van der Waals surface area contributed by atoms with E-state index < -0.39 is 23.5 Å². The van der Waals surface area contributed by atoms with Gasteiger partial charge in [-0.3, -0.25) is 4.79 Å². The number of ether oxygens (including phenoxy) is 1. The molecule has 1 aromatic rings. The number of benzene rings is 1. The van der Waals surface area contributed by atoms with Crippen LogP contribution in [0.1, 0.15) is 43.9 Å². The van der Waals surface area contributed by atoms with Crippen LogP contribution in [-0.2, 0) is 38.3 Å². The summed E-state index contributed by atoms with van der Waals surface area (Å²) < 4.78 is 88.0. The van der Waals surface area contributed by atoms with Gasteiger partial charge >= 0.3 is 12.4 Å². The summed E-state index contributed by atoms with van der Waals surface area (Å²) >= 11 is 0.454. The zero-order chi connectivity index (χ0) is 23.1. The summed E-state index contributed by atoms with van der Waals surface area (Å²) in [6.45, 7) is 10.5. The van der Waals surface area contributed by atoms with Crippen molar-refractivity contribution >= 4 is 24.3 Å². The first-order chi connectivity index (χ1) is 13.5. The maximum atomic E-state index is 12.7. The summed E-state index contributed by atoms with van der Waals surface area (Å²) in [4.78, 5) is 9.18. The molecule has 0 aliphatic rings. The first-order valence-electron chi connectivity index (χ1n) is 8.46. The standard InChI is InChI=1S/C13H13F6NOS.C3H6O2.C2H6/c1-8(3-4-20-22-21-2)9-5-10(12(14,15)16)7-11(6-9)13(17,18)19;1-2-5-3-4;1-2/h5-7,20H,1,3-4H2,2H3;3H,2H2,1H3;1-2H3/p+1. The normalized spacial score (nSPS) is 10.8. The van der Waals surface area contributed by atoms with Gasteiger partial charge in [0.05, 0.1) is 24.8 Å². The molecule has 0 aromatic heterocycles. The van der Waals surface area contributed by atoms with Crippen LogP contribution in [0.15, 0.2) is 24.8 Å². The predicted molar refractivity (Wildman–Crippen MR) is 103 cm³/mol. The lowest BCUT2D eigenvalue weighted by Gasteiger charge is -2.15. The van der Waals surface area contributed by atoms with E-state index in [1.165, 1.54) is 7.11 Å². The Morgan fingerprint density at radius 2 is 1.59 bits per heavy atom. The summed E-state index contributed by atoms with van der Waals surface area (Å²) in [7, 11) is 1.44. The Balaban J connectivity index is 0. The number of hydrogen-bond donors (Lipinski definition) is 1. The van der Waals surface area contributed by atoms with Crippen molar-refractivity contribution in [2.45, 2.75) is 39.5 Å². The van der Waals surface area contributed by atoms with Crippen LogP contribution < -0.4 is 4.72 Å². The van der Waals surface area contributed by atoms with Crippen molar-refractivity contribution in [1.29, 1.82) is 0 Å². The molecule has 0 bridgehead atoms. The van der Waals surface area contributed by atoms with E-state index in [0.29, 0.717) is 44.0 Å². The Bertz CT molecular complexity index is 574. The molecule has 0 saturated heterocycles. The van der Waals surface area contributed by atoms with Crippen molar-refractivity contribution in [3.8, 4) is 0 Å². The smallest absolute Gasteiger partial charge is 0.416 e. The van der Waals surface area contributed by atoms with Gasteiger partial charge in [0.2, 0.25) is 12.2 Å². The molecule has 1 aromatic carbocycles. The van der Waals surface area contributed by atoms with E-state index >= 15 is 0 Å². The van der Waals surface area contributed by atoms with Crippen LogP contribution in [-0.4, -0.2) is 26.7 Å². The molecular formula is C18H26F6NO3S+. The summed E-state index contributed by atoms with van der Waals surface area (Å²) in [5, 5.41) is 0. The van der Waals surface area contributed by atoms with Crippen molar-refractivity contribution in [1.82, 2.24) is 4.72 Å². The third-order valence-electron chi connectivity index (χ3n) is 2.93. The van der Waals surface area contributed by atoms with Gasteiger partial charge in [-0.2, -0.15) is 30.5 Å². The first-order valence-corrected chi connectivity index (χ1v) is 9.27. The van der Waals surface area contributed by atoms with Gasteiger partial charge in [-0.15, -0.1) is 4.72 Å². The lowest BCUT2D eigenvalue weighted by Crippen LogP contribution is -2.15. The Hall–Kier alpha value is -1.72. The molecule has 1 N–H and O–H groups in total. The van der Waals surface area contributed by atoms with Crippen LogP contribution in [0.2, 0.25) is 0 Å². The highest BCUT2D eigenvalue weighted by Crippen LogP contribution is 2.37. The van der Waals surface area contributed by atoms with E-state index in [-0.39, 0.29) is 23.6 Å². The average molecular weight is 450 g/mol. The second-order valence-corrected chi connectivity index (χ2v) is 5.75. The van der Waals surface area contributed by atoms with Crippen molar-refractivity contribution in [2.75, 3.05) is 20.3 Å². The van der Waals surface area contributed by atoms with Crippen LogP contribution in [0.5, 0.6) is 0 Å². The molecule has 0 aliphatic carbocycles. The van der Waals surface area contributed by atoms with E-state index in [9.17, 15) is 31.1 Å². The van der Waals surface area contributed by atoms with E-state index in [0.717, 1.165) is 0 Å².